The van der Waals surface area contributed by atoms with E-state index in [4.69, 9.17) is 4.98 Å². The standard InChI is InChI=1S/C19H17BrN2OS/c20-14-8-5-13(6-9-14)16-11-24-19(21-16)22-18-15-4-2-1-3-12(15)7-10-17(18)23/h1-6,8-9,11,17-18,23H,7,10H2,(H,21,22). The van der Waals surface area contributed by atoms with Gasteiger partial charge >= 0.3 is 0 Å². The van der Waals surface area contributed by atoms with Crippen LogP contribution in [0.1, 0.15) is 23.6 Å². The molecule has 24 heavy (non-hydrogen) atoms. The van der Waals surface area contributed by atoms with Gasteiger partial charge in [0.15, 0.2) is 5.13 Å². The second-order valence-electron chi connectivity index (χ2n) is 5.97. The molecule has 0 fully saturated rings. The van der Waals surface area contributed by atoms with Gasteiger partial charge in [0.2, 0.25) is 0 Å². The van der Waals surface area contributed by atoms with Crippen LogP contribution in [0.15, 0.2) is 58.4 Å². The molecule has 2 N–H and O–H groups in total. The Bertz CT molecular complexity index is 847. The van der Waals surface area contributed by atoms with Gasteiger partial charge in [-0.05, 0) is 36.1 Å². The Labute approximate surface area is 153 Å². The fourth-order valence-electron chi connectivity index (χ4n) is 3.14. The summed E-state index contributed by atoms with van der Waals surface area (Å²) in [6.45, 7) is 0. The molecule has 0 radical (unpaired) electrons. The molecule has 0 saturated carbocycles. The van der Waals surface area contributed by atoms with E-state index in [1.807, 2.05) is 35.7 Å². The number of nitrogens with zero attached hydrogens (tertiary/aromatic N) is 1. The Kier molecular flexibility index (Phi) is 4.39. The minimum Gasteiger partial charge on any atom is -0.391 e. The van der Waals surface area contributed by atoms with Crippen LogP contribution in [-0.4, -0.2) is 16.2 Å². The minimum atomic E-state index is -0.389. The highest BCUT2D eigenvalue weighted by atomic mass is 79.9. The third-order valence-electron chi connectivity index (χ3n) is 4.41. The number of rotatable bonds is 3. The number of aromatic nitrogens is 1. The van der Waals surface area contributed by atoms with Gasteiger partial charge in [-0.2, -0.15) is 0 Å². The Hall–Kier alpha value is -1.69. The largest absolute Gasteiger partial charge is 0.391 e. The molecule has 122 valence electrons. The first-order valence-corrected chi connectivity index (χ1v) is 9.62. The lowest BCUT2D eigenvalue weighted by molar-refractivity contribution is 0.135. The van der Waals surface area contributed by atoms with Crippen molar-refractivity contribution in [2.24, 2.45) is 0 Å². The highest BCUT2D eigenvalue weighted by Gasteiger charge is 2.28. The van der Waals surface area contributed by atoms with E-state index in [1.165, 1.54) is 11.1 Å². The summed E-state index contributed by atoms with van der Waals surface area (Å²) in [5.41, 5.74) is 4.53. The van der Waals surface area contributed by atoms with Crippen molar-refractivity contribution < 1.29 is 5.11 Å². The van der Waals surface area contributed by atoms with Gasteiger partial charge in [-0.15, -0.1) is 11.3 Å². The molecule has 2 unspecified atom stereocenters. The van der Waals surface area contributed by atoms with E-state index in [2.05, 4.69) is 39.4 Å². The van der Waals surface area contributed by atoms with Crippen molar-refractivity contribution in [1.82, 2.24) is 4.98 Å². The predicted molar refractivity (Wildman–Crippen MR) is 102 cm³/mol. The third-order valence-corrected chi connectivity index (χ3v) is 5.71. The topological polar surface area (TPSA) is 45.1 Å². The van der Waals surface area contributed by atoms with Crippen molar-refractivity contribution in [3.8, 4) is 11.3 Å². The van der Waals surface area contributed by atoms with Crippen molar-refractivity contribution in [2.45, 2.75) is 25.0 Å². The average Bonchev–Trinajstić information content (AvgIpc) is 3.07. The summed E-state index contributed by atoms with van der Waals surface area (Å²) in [4.78, 5) is 4.69. The van der Waals surface area contributed by atoms with Crippen molar-refractivity contribution in [3.05, 3.63) is 69.5 Å². The summed E-state index contributed by atoms with van der Waals surface area (Å²) in [5.74, 6) is 0. The lowest BCUT2D eigenvalue weighted by atomic mass is 9.86. The van der Waals surface area contributed by atoms with Crippen molar-refractivity contribution in [1.29, 1.82) is 0 Å². The van der Waals surface area contributed by atoms with E-state index in [0.29, 0.717) is 0 Å². The zero-order chi connectivity index (χ0) is 16.5. The maximum atomic E-state index is 10.4. The van der Waals surface area contributed by atoms with Crippen LogP contribution in [0.4, 0.5) is 5.13 Å². The van der Waals surface area contributed by atoms with Crippen molar-refractivity contribution in [2.75, 3.05) is 5.32 Å². The molecule has 4 rings (SSSR count). The average molecular weight is 401 g/mol. The first kappa shape index (κ1) is 15.8. The second-order valence-corrected chi connectivity index (χ2v) is 7.75. The third kappa shape index (κ3) is 3.11. The summed E-state index contributed by atoms with van der Waals surface area (Å²) in [7, 11) is 0. The van der Waals surface area contributed by atoms with Gasteiger partial charge in [0, 0.05) is 15.4 Å². The van der Waals surface area contributed by atoms with E-state index >= 15 is 0 Å². The Morgan fingerprint density at radius 1 is 1.12 bits per heavy atom. The number of halogens is 1. The molecule has 0 amide bonds. The van der Waals surface area contributed by atoms with Gasteiger partial charge in [0.05, 0.1) is 17.8 Å². The molecule has 5 heteroatoms. The molecule has 2 atom stereocenters. The number of anilines is 1. The number of aliphatic hydroxyl groups is 1. The SMILES string of the molecule is OC1CCc2ccccc2C1Nc1nc(-c2ccc(Br)cc2)cs1. The molecule has 1 aliphatic rings. The van der Waals surface area contributed by atoms with E-state index in [9.17, 15) is 5.11 Å². The molecule has 1 heterocycles. The highest BCUT2D eigenvalue weighted by molar-refractivity contribution is 9.10. The Morgan fingerprint density at radius 2 is 1.92 bits per heavy atom. The van der Waals surface area contributed by atoms with Crippen LogP contribution in [0.3, 0.4) is 0 Å². The minimum absolute atomic E-state index is 0.0983. The number of benzene rings is 2. The molecular weight excluding hydrogens is 384 g/mol. The van der Waals surface area contributed by atoms with Crippen LogP contribution < -0.4 is 5.32 Å². The summed E-state index contributed by atoms with van der Waals surface area (Å²) in [5, 5.41) is 16.8. The summed E-state index contributed by atoms with van der Waals surface area (Å²) >= 11 is 5.03. The second kappa shape index (κ2) is 6.67. The summed E-state index contributed by atoms with van der Waals surface area (Å²) in [6, 6.07) is 16.4. The number of aryl methyl sites for hydroxylation is 1. The normalized spacial score (nSPS) is 19.8. The van der Waals surface area contributed by atoms with Gasteiger partial charge in [0.1, 0.15) is 0 Å². The number of nitrogens with one attached hydrogen (secondary N) is 1. The van der Waals surface area contributed by atoms with Gasteiger partial charge in [-0.1, -0.05) is 52.3 Å². The van der Waals surface area contributed by atoms with Crippen molar-refractivity contribution >= 4 is 32.4 Å². The van der Waals surface area contributed by atoms with Gasteiger partial charge in [0.25, 0.3) is 0 Å². The number of thiazole rings is 1. The van der Waals surface area contributed by atoms with Crippen LogP contribution in [0.25, 0.3) is 11.3 Å². The quantitative estimate of drug-likeness (QED) is 0.647. The van der Waals surface area contributed by atoms with Crippen LogP contribution in [0.2, 0.25) is 0 Å². The first-order chi connectivity index (χ1) is 11.7. The van der Waals surface area contributed by atoms with Crippen LogP contribution in [-0.2, 0) is 6.42 Å². The molecular formula is C19H17BrN2OS. The van der Waals surface area contributed by atoms with Crippen LogP contribution >= 0.6 is 27.3 Å². The Morgan fingerprint density at radius 3 is 2.75 bits per heavy atom. The lowest BCUT2D eigenvalue weighted by Crippen LogP contribution is -2.30. The molecule has 0 aliphatic heterocycles. The van der Waals surface area contributed by atoms with Crippen LogP contribution in [0.5, 0.6) is 0 Å². The number of aliphatic hydroxyl groups excluding tert-OH is 1. The predicted octanol–water partition coefficient (Wildman–Crippen LogP) is 5.03. The fraction of sp³-hybridized carbons (Fsp3) is 0.211. The maximum absolute atomic E-state index is 10.4. The lowest BCUT2D eigenvalue weighted by Gasteiger charge is -2.30. The van der Waals surface area contributed by atoms with E-state index in [1.54, 1.807) is 11.3 Å². The Balaban J connectivity index is 1.59. The molecule has 1 aromatic heterocycles. The summed E-state index contributed by atoms with van der Waals surface area (Å²) in [6.07, 6.45) is 1.32. The smallest absolute Gasteiger partial charge is 0.183 e. The molecule has 1 aliphatic carbocycles. The zero-order valence-corrected chi connectivity index (χ0v) is 15.3. The monoisotopic (exact) mass is 400 g/mol. The molecule has 3 nitrogen and oxygen atoms in total. The number of fused-ring (bicyclic) bond motifs is 1. The molecule has 3 aromatic rings. The first-order valence-electron chi connectivity index (χ1n) is 7.94. The van der Waals surface area contributed by atoms with Gasteiger partial charge in [-0.25, -0.2) is 4.98 Å². The van der Waals surface area contributed by atoms with Gasteiger partial charge < -0.3 is 10.4 Å². The molecule has 0 spiro atoms. The molecule has 2 aromatic carbocycles. The number of hydrogen-bond acceptors (Lipinski definition) is 4. The van der Waals surface area contributed by atoms with E-state index in [-0.39, 0.29) is 12.1 Å². The molecule has 0 bridgehead atoms. The van der Waals surface area contributed by atoms with E-state index < -0.39 is 0 Å². The highest BCUT2D eigenvalue weighted by Crippen LogP contribution is 2.34. The van der Waals surface area contributed by atoms with E-state index in [0.717, 1.165) is 33.7 Å². The number of hydrogen-bond donors (Lipinski definition) is 2. The zero-order valence-electron chi connectivity index (χ0n) is 12.9. The maximum Gasteiger partial charge on any atom is 0.183 e. The molecule has 0 saturated heterocycles. The van der Waals surface area contributed by atoms with Crippen LogP contribution in [0, 0.1) is 0 Å². The fourth-order valence-corrected chi connectivity index (χ4v) is 4.17. The summed E-state index contributed by atoms with van der Waals surface area (Å²) < 4.78 is 1.06. The van der Waals surface area contributed by atoms with Crippen molar-refractivity contribution in [3.63, 3.8) is 0 Å². The van der Waals surface area contributed by atoms with Gasteiger partial charge in [-0.3, -0.25) is 0 Å².